The average molecular weight is 353 g/mol. The van der Waals surface area contributed by atoms with E-state index in [2.05, 4.69) is 10.3 Å². The van der Waals surface area contributed by atoms with Crippen molar-refractivity contribution in [1.29, 1.82) is 0 Å². The van der Waals surface area contributed by atoms with Gasteiger partial charge in [-0.15, -0.1) is 0 Å². The number of hydrogen-bond acceptors (Lipinski definition) is 4. The van der Waals surface area contributed by atoms with Crippen LogP contribution in [-0.2, 0) is 4.79 Å². The molecule has 1 aromatic heterocycles. The predicted molar refractivity (Wildman–Crippen MR) is 86.9 cm³/mol. The van der Waals surface area contributed by atoms with Gasteiger partial charge in [-0.25, -0.2) is 4.98 Å². The van der Waals surface area contributed by atoms with Crippen molar-refractivity contribution in [2.75, 3.05) is 13.2 Å². The Kier molecular flexibility index (Phi) is 4.71. The maximum Gasteiger partial charge on any atom is 0.230 e. The van der Waals surface area contributed by atoms with Gasteiger partial charge in [0.25, 0.3) is 0 Å². The fourth-order valence-electron chi connectivity index (χ4n) is 2.54. The van der Waals surface area contributed by atoms with E-state index in [1.165, 1.54) is 0 Å². The van der Waals surface area contributed by atoms with Crippen LogP contribution < -0.4 is 10.1 Å². The summed E-state index contributed by atoms with van der Waals surface area (Å²) in [6, 6.07) is 8.16. The zero-order valence-corrected chi connectivity index (χ0v) is 13.5. The van der Waals surface area contributed by atoms with Crippen molar-refractivity contribution in [2.45, 2.75) is 12.0 Å². The number of hydrogen-bond donors (Lipinski definition) is 2. The summed E-state index contributed by atoms with van der Waals surface area (Å²) in [5.41, 5.74) is 1.35. The van der Waals surface area contributed by atoms with Crippen molar-refractivity contribution >= 4 is 29.1 Å². The van der Waals surface area contributed by atoms with Crippen LogP contribution in [0.1, 0.15) is 23.1 Å². The van der Waals surface area contributed by atoms with E-state index in [1.807, 2.05) is 6.07 Å². The van der Waals surface area contributed by atoms with Crippen molar-refractivity contribution < 1.29 is 14.6 Å². The number of rotatable bonds is 4. The summed E-state index contributed by atoms with van der Waals surface area (Å²) in [5, 5.41) is 13.3. The number of aliphatic hydroxyl groups is 1. The Bertz CT molecular complexity index is 739. The highest BCUT2D eigenvalue weighted by molar-refractivity contribution is 6.35. The molecule has 1 aliphatic rings. The fourth-order valence-corrected chi connectivity index (χ4v) is 3.08. The molecule has 0 saturated carbocycles. The molecule has 120 valence electrons. The second-order valence-electron chi connectivity index (χ2n) is 5.17. The van der Waals surface area contributed by atoms with Gasteiger partial charge >= 0.3 is 0 Å². The van der Waals surface area contributed by atoms with Gasteiger partial charge in [-0.1, -0.05) is 29.3 Å². The molecular formula is C16H14Cl2N2O3. The molecule has 0 aliphatic carbocycles. The van der Waals surface area contributed by atoms with Crippen LogP contribution in [0.2, 0.25) is 10.0 Å². The van der Waals surface area contributed by atoms with Crippen LogP contribution in [0.5, 0.6) is 5.88 Å². The maximum absolute atomic E-state index is 12.5. The Morgan fingerprint density at radius 3 is 3.00 bits per heavy atom. The lowest BCUT2D eigenvalue weighted by Gasteiger charge is -2.19. The number of carbonyl (C=O) groups excluding carboxylic acids is 1. The highest BCUT2D eigenvalue weighted by Gasteiger charge is 2.30. The minimum Gasteiger partial charge on any atom is -0.475 e. The van der Waals surface area contributed by atoms with Gasteiger partial charge in [0, 0.05) is 21.8 Å². The first-order chi connectivity index (χ1) is 11.1. The molecule has 23 heavy (non-hydrogen) atoms. The summed E-state index contributed by atoms with van der Waals surface area (Å²) in [7, 11) is 0. The van der Waals surface area contributed by atoms with Crippen molar-refractivity contribution in [3.8, 4) is 5.88 Å². The Hall–Kier alpha value is -1.82. The van der Waals surface area contributed by atoms with Gasteiger partial charge in [0.05, 0.1) is 18.6 Å². The summed E-state index contributed by atoms with van der Waals surface area (Å²) in [6.07, 6.45) is 1.63. The molecular weight excluding hydrogens is 339 g/mol. The number of carbonyl (C=O) groups is 1. The molecule has 0 fully saturated rings. The van der Waals surface area contributed by atoms with Crippen LogP contribution >= 0.6 is 23.2 Å². The molecule has 0 saturated heterocycles. The molecule has 5 nitrogen and oxygen atoms in total. The Labute approximate surface area is 143 Å². The average Bonchev–Trinajstić information content (AvgIpc) is 2.93. The maximum atomic E-state index is 12.5. The van der Waals surface area contributed by atoms with Gasteiger partial charge in [-0.05, 0) is 29.8 Å². The van der Waals surface area contributed by atoms with Crippen LogP contribution in [0.4, 0.5) is 0 Å². The number of aromatic nitrogens is 1. The zero-order valence-electron chi connectivity index (χ0n) is 12.0. The monoisotopic (exact) mass is 352 g/mol. The third-order valence-corrected chi connectivity index (χ3v) is 4.28. The van der Waals surface area contributed by atoms with E-state index >= 15 is 0 Å². The number of amides is 1. The smallest absolute Gasteiger partial charge is 0.230 e. The van der Waals surface area contributed by atoms with Crippen molar-refractivity contribution in [2.24, 2.45) is 0 Å². The van der Waals surface area contributed by atoms with E-state index < -0.39 is 5.92 Å². The second kappa shape index (κ2) is 6.74. The molecule has 1 aliphatic heterocycles. The number of pyridine rings is 1. The quantitative estimate of drug-likeness (QED) is 0.887. The van der Waals surface area contributed by atoms with Crippen LogP contribution in [0.3, 0.4) is 0 Å². The van der Waals surface area contributed by atoms with Crippen molar-refractivity contribution in [3.05, 3.63) is 57.7 Å². The zero-order chi connectivity index (χ0) is 16.4. The van der Waals surface area contributed by atoms with E-state index in [0.29, 0.717) is 28.1 Å². The van der Waals surface area contributed by atoms with Crippen LogP contribution in [0, 0.1) is 0 Å². The minimum absolute atomic E-state index is 0.300. The summed E-state index contributed by atoms with van der Waals surface area (Å²) < 4.78 is 5.44. The van der Waals surface area contributed by atoms with Gasteiger partial charge in [-0.2, -0.15) is 0 Å². The van der Waals surface area contributed by atoms with E-state index in [4.69, 9.17) is 27.9 Å². The second-order valence-corrected chi connectivity index (χ2v) is 6.01. The van der Waals surface area contributed by atoms with Crippen LogP contribution in [0.25, 0.3) is 0 Å². The molecule has 1 aromatic carbocycles. The molecule has 2 aromatic rings. The van der Waals surface area contributed by atoms with Gasteiger partial charge in [-0.3, -0.25) is 4.79 Å². The van der Waals surface area contributed by atoms with Crippen LogP contribution in [0.15, 0.2) is 36.5 Å². The first-order valence-corrected chi connectivity index (χ1v) is 7.79. The van der Waals surface area contributed by atoms with Gasteiger partial charge in [0.15, 0.2) is 0 Å². The Balaban J connectivity index is 1.79. The topological polar surface area (TPSA) is 71.5 Å². The lowest BCUT2D eigenvalue weighted by molar-refractivity contribution is -0.124. The number of ether oxygens (including phenoxy) is 1. The molecule has 2 atom stereocenters. The first-order valence-electron chi connectivity index (χ1n) is 7.04. The molecule has 2 N–H and O–H groups in total. The Morgan fingerprint density at radius 2 is 2.26 bits per heavy atom. The van der Waals surface area contributed by atoms with Gasteiger partial charge < -0.3 is 15.2 Å². The third-order valence-electron chi connectivity index (χ3n) is 3.72. The van der Waals surface area contributed by atoms with E-state index in [-0.39, 0.29) is 18.6 Å². The van der Waals surface area contributed by atoms with Crippen molar-refractivity contribution in [3.63, 3.8) is 0 Å². The lowest BCUT2D eigenvalue weighted by atomic mass is 9.98. The molecule has 0 bridgehead atoms. The van der Waals surface area contributed by atoms with E-state index in [9.17, 15) is 9.90 Å². The largest absolute Gasteiger partial charge is 0.475 e. The number of aliphatic hydroxyl groups excluding tert-OH is 1. The molecule has 1 amide bonds. The molecule has 3 rings (SSSR count). The summed E-state index contributed by atoms with van der Waals surface area (Å²) >= 11 is 12.0. The normalized spacial score (nSPS) is 17.3. The number of benzene rings is 1. The molecule has 1 unspecified atom stereocenters. The number of nitrogens with zero attached hydrogens (tertiary/aromatic N) is 1. The molecule has 2 heterocycles. The number of halogens is 2. The molecule has 7 heteroatoms. The number of nitrogens with one attached hydrogen (secondary N) is 1. The molecule has 0 radical (unpaired) electrons. The third kappa shape index (κ3) is 3.27. The highest BCUT2D eigenvalue weighted by atomic mass is 35.5. The summed E-state index contributed by atoms with van der Waals surface area (Å²) in [5.74, 6) is -0.592. The van der Waals surface area contributed by atoms with E-state index in [1.54, 1.807) is 30.5 Å². The van der Waals surface area contributed by atoms with E-state index in [0.717, 1.165) is 5.56 Å². The SMILES string of the molecule is O=C(N[C@H]1COc2ncccc21)C(CO)c1ccc(Cl)cc1Cl. The first kappa shape index (κ1) is 16.1. The van der Waals surface area contributed by atoms with Crippen LogP contribution in [-0.4, -0.2) is 29.2 Å². The Morgan fingerprint density at radius 1 is 1.43 bits per heavy atom. The standard InChI is InChI=1S/C16H14Cl2N2O3/c17-9-3-4-10(13(18)6-9)12(7-21)15(22)20-14-8-23-16-11(14)2-1-5-19-16/h1-6,12,14,21H,7-8H2,(H,20,22)/t12?,14-/m0/s1. The molecule has 0 spiro atoms. The minimum atomic E-state index is -0.777. The number of fused-ring (bicyclic) bond motifs is 1. The fraction of sp³-hybridized carbons (Fsp3) is 0.250. The highest BCUT2D eigenvalue weighted by Crippen LogP contribution is 2.32. The predicted octanol–water partition coefficient (Wildman–Crippen LogP) is 2.71. The lowest BCUT2D eigenvalue weighted by Crippen LogP contribution is -2.35. The van der Waals surface area contributed by atoms with Crippen molar-refractivity contribution in [1.82, 2.24) is 10.3 Å². The summed E-state index contributed by atoms with van der Waals surface area (Å²) in [4.78, 5) is 16.6. The summed E-state index contributed by atoms with van der Waals surface area (Å²) in [6.45, 7) is -0.0504. The van der Waals surface area contributed by atoms with Gasteiger partial charge in [0.1, 0.15) is 6.61 Å². The van der Waals surface area contributed by atoms with Gasteiger partial charge in [0.2, 0.25) is 11.8 Å².